The van der Waals surface area contributed by atoms with Gasteiger partial charge in [0.2, 0.25) is 0 Å². The van der Waals surface area contributed by atoms with Crippen molar-refractivity contribution in [1.29, 1.82) is 0 Å². The van der Waals surface area contributed by atoms with Crippen LogP contribution in [0.1, 0.15) is 129 Å². The Balaban J connectivity index is 4.57. The highest BCUT2D eigenvalue weighted by Gasteiger charge is 2.28. The molecule has 3 atom stereocenters. The van der Waals surface area contributed by atoms with Crippen LogP contribution >= 0.6 is 7.82 Å². The molecule has 0 rings (SSSR count). The summed E-state index contributed by atoms with van der Waals surface area (Å²) < 4.78 is 32.4. The molecule has 0 radical (unpaired) electrons. The Morgan fingerprint density at radius 3 is 1.66 bits per heavy atom. The van der Waals surface area contributed by atoms with Crippen LogP contribution in [0.5, 0.6) is 0 Å². The Hall–Kier alpha value is -2.82. The van der Waals surface area contributed by atoms with Crippen LogP contribution in [0.15, 0.2) is 60.8 Å². The first kappa shape index (κ1) is 47.2. The number of esters is 2. The van der Waals surface area contributed by atoms with Crippen molar-refractivity contribution in [2.75, 3.05) is 19.8 Å². The van der Waals surface area contributed by atoms with Gasteiger partial charge in [0.05, 0.1) is 13.2 Å². The van der Waals surface area contributed by atoms with E-state index >= 15 is 0 Å². The van der Waals surface area contributed by atoms with Gasteiger partial charge in [0.25, 0.3) is 0 Å². The van der Waals surface area contributed by atoms with E-state index in [1.165, 1.54) is 32.1 Å². The predicted molar refractivity (Wildman–Crippen MR) is 198 cm³/mol. The molecule has 0 aromatic carbocycles. The van der Waals surface area contributed by atoms with Crippen molar-refractivity contribution in [2.24, 2.45) is 5.73 Å². The lowest BCUT2D eigenvalue weighted by molar-refractivity contribution is -0.161. The summed E-state index contributed by atoms with van der Waals surface area (Å²) in [6, 6.07) is -1.53. The number of hydrogen-bond acceptors (Lipinski definition) is 9. The minimum absolute atomic E-state index is 0.0813. The van der Waals surface area contributed by atoms with E-state index in [0.29, 0.717) is 19.3 Å². The predicted octanol–water partition coefficient (Wildman–Crippen LogP) is 8.83. The fourth-order valence-electron chi connectivity index (χ4n) is 4.39. The lowest BCUT2D eigenvalue weighted by atomic mass is 10.1. The monoisotopic (exact) mass is 725 g/mol. The lowest BCUT2D eigenvalue weighted by Crippen LogP contribution is -2.34. The van der Waals surface area contributed by atoms with E-state index in [4.69, 9.17) is 24.8 Å². The smallest absolute Gasteiger partial charge is 0.472 e. The number of phosphoric acid groups is 1. The van der Waals surface area contributed by atoms with Gasteiger partial charge in [0, 0.05) is 12.8 Å². The van der Waals surface area contributed by atoms with Crippen LogP contribution in [0.3, 0.4) is 0 Å². The number of allylic oxidation sites excluding steroid dienone is 10. The maximum Gasteiger partial charge on any atom is 0.472 e. The summed E-state index contributed by atoms with van der Waals surface area (Å²) in [6.45, 7) is 2.57. The summed E-state index contributed by atoms with van der Waals surface area (Å²) in [7, 11) is -4.72. The number of aliphatic carboxylic acids is 1. The molecule has 0 aliphatic carbocycles. The summed E-state index contributed by atoms with van der Waals surface area (Å²) >= 11 is 0. The fraction of sp³-hybridized carbons (Fsp3) is 0.658. The van der Waals surface area contributed by atoms with Crippen LogP contribution in [-0.4, -0.2) is 59.9 Å². The molecule has 0 fully saturated rings. The number of carboxylic acids is 1. The molecule has 0 bridgehead atoms. The van der Waals surface area contributed by atoms with E-state index in [1.807, 2.05) is 12.2 Å². The molecule has 0 aliphatic rings. The van der Waals surface area contributed by atoms with E-state index in [0.717, 1.165) is 51.4 Å². The van der Waals surface area contributed by atoms with Gasteiger partial charge < -0.3 is 25.2 Å². The molecule has 0 amide bonds. The molecule has 1 unspecified atom stereocenters. The molecule has 4 N–H and O–H groups in total. The van der Waals surface area contributed by atoms with Crippen molar-refractivity contribution in [2.45, 2.75) is 142 Å². The number of carboxylic acid groups (broad SMARTS) is 1. The largest absolute Gasteiger partial charge is 0.480 e. The number of ether oxygens (including phenoxy) is 2. The van der Waals surface area contributed by atoms with Crippen molar-refractivity contribution in [3.05, 3.63) is 60.8 Å². The summed E-state index contributed by atoms with van der Waals surface area (Å²) in [5.41, 5.74) is 5.30. The first-order chi connectivity index (χ1) is 24.1. The number of carbonyl (C=O) groups excluding carboxylic acids is 2. The molecule has 286 valence electrons. The Kier molecular flexibility index (Phi) is 31.5. The third-order valence-corrected chi connectivity index (χ3v) is 8.23. The quantitative estimate of drug-likeness (QED) is 0.0255. The van der Waals surface area contributed by atoms with Crippen LogP contribution in [0.2, 0.25) is 0 Å². The summed E-state index contributed by atoms with van der Waals surface area (Å²) in [4.78, 5) is 45.6. The Morgan fingerprint density at radius 1 is 0.640 bits per heavy atom. The molecule has 0 aromatic rings. The maximum absolute atomic E-state index is 12.5. The fourth-order valence-corrected chi connectivity index (χ4v) is 5.17. The van der Waals surface area contributed by atoms with Crippen molar-refractivity contribution in [3.63, 3.8) is 0 Å². The van der Waals surface area contributed by atoms with Crippen LogP contribution < -0.4 is 5.73 Å². The highest BCUT2D eigenvalue weighted by Crippen LogP contribution is 2.43. The van der Waals surface area contributed by atoms with Gasteiger partial charge in [-0.1, -0.05) is 126 Å². The maximum atomic E-state index is 12.5. The minimum Gasteiger partial charge on any atom is -0.480 e. The van der Waals surface area contributed by atoms with Crippen LogP contribution in [-0.2, 0) is 37.5 Å². The van der Waals surface area contributed by atoms with Gasteiger partial charge >= 0.3 is 25.7 Å². The number of unbranched alkanes of at least 4 members (excludes halogenated alkanes) is 9. The summed E-state index contributed by atoms with van der Waals surface area (Å²) in [6.07, 6.45) is 36.0. The third kappa shape index (κ3) is 32.4. The van der Waals surface area contributed by atoms with Gasteiger partial charge in [0.1, 0.15) is 12.6 Å². The van der Waals surface area contributed by atoms with E-state index in [1.54, 1.807) is 0 Å². The van der Waals surface area contributed by atoms with Crippen molar-refractivity contribution < 1.29 is 47.5 Å². The van der Waals surface area contributed by atoms with Gasteiger partial charge in [-0.05, 0) is 51.4 Å². The normalized spacial score (nSPS) is 14.6. The highest BCUT2D eigenvalue weighted by atomic mass is 31.2. The number of rotatable bonds is 33. The van der Waals surface area contributed by atoms with Gasteiger partial charge in [-0.15, -0.1) is 0 Å². The Bertz CT molecular complexity index is 1090. The number of carbonyl (C=O) groups is 3. The standard InChI is InChI=1S/C38H64NO10P/c1-3-5-7-9-11-13-14-15-16-17-18-19-20-22-24-26-28-30-37(41)49-34(32-47-50(44,45)48-33-35(39)38(42)43)31-46-36(40)29-27-25-23-21-12-10-8-6-4-2/h5,7,11,13,15-16,18-19,22,24,34-35H,3-4,6,8-10,12,14,17,20-21,23,25-33,39H2,1-2H3,(H,42,43)(H,44,45)/b7-5-,13-11-,16-15-,19-18-,24-22-/t34-,35+/m1/s1. The highest BCUT2D eigenvalue weighted by molar-refractivity contribution is 7.47. The third-order valence-electron chi connectivity index (χ3n) is 7.28. The van der Waals surface area contributed by atoms with E-state index in [-0.39, 0.29) is 19.4 Å². The molecular formula is C38H64NO10P. The lowest BCUT2D eigenvalue weighted by Gasteiger charge is -2.20. The topological polar surface area (TPSA) is 172 Å². The minimum atomic E-state index is -4.72. The molecule has 12 heteroatoms. The summed E-state index contributed by atoms with van der Waals surface area (Å²) in [5, 5.41) is 8.84. The molecule has 0 aromatic heterocycles. The molecule has 0 saturated heterocycles. The Morgan fingerprint density at radius 2 is 1.12 bits per heavy atom. The molecule has 50 heavy (non-hydrogen) atoms. The summed E-state index contributed by atoms with van der Waals surface area (Å²) in [5.74, 6) is -2.47. The van der Waals surface area contributed by atoms with Gasteiger partial charge in [-0.3, -0.25) is 23.4 Å². The second-order valence-electron chi connectivity index (χ2n) is 12.0. The van der Waals surface area contributed by atoms with Crippen LogP contribution in [0.25, 0.3) is 0 Å². The zero-order valence-corrected chi connectivity index (χ0v) is 31.4. The van der Waals surface area contributed by atoms with Gasteiger partial charge in [-0.2, -0.15) is 0 Å². The second kappa shape index (κ2) is 33.3. The average Bonchev–Trinajstić information content (AvgIpc) is 3.09. The van der Waals surface area contributed by atoms with Crippen LogP contribution in [0.4, 0.5) is 0 Å². The van der Waals surface area contributed by atoms with Crippen molar-refractivity contribution in [1.82, 2.24) is 0 Å². The van der Waals surface area contributed by atoms with Gasteiger partial charge in [0.15, 0.2) is 6.10 Å². The molecule has 0 heterocycles. The van der Waals surface area contributed by atoms with E-state index in [9.17, 15) is 23.8 Å². The van der Waals surface area contributed by atoms with Crippen molar-refractivity contribution in [3.8, 4) is 0 Å². The van der Waals surface area contributed by atoms with Crippen molar-refractivity contribution >= 4 is 25.7 Å². The molecule has 0 saturated carbocycles. The van der Waals surface area contributed by atoms with E-state index < -0.39 is 51.1 Å². The van der Waals surface area contributed by atoms with Crippen LogP contribution in [0, 0.1) is 0 Å². The second-order valence-corrected chi connectivity index (χ2v) is 13.4. The SMILES string of the molecule is CC/C=C\C/C=C\C/C=C\C/C=C\C/C=C\CCCC(=O)O[C@H](COC(=O)CCCCCCCCCCC)COP(=O)(O)OC[C@H](N)C(=O)O. The zero-order chi connectivity index (χ0) is 37.1. The number of phosphoric ester groups is 1. The molecule has 0 spiro atoms. The molecular weight excluding hydrogens is 661 g/mol. The number of hydrogen-bond donors (Lipinski definition) is 3. The Labute approximate surface area is 300 Å². The van der Waals surface area contributed by atoms with Gasteiger partial charge in [-0.25, -0.2) is 4.57 Å². The molecule has 0 aliphatic heterocycles. The van der Waals surface area contributed by atoms with E-state index in [2.05, 4.69) is 67.0 Å². The average molecular weight is 726 g/mol. The first-order valence-corrected chi connectivity index (χ1v) is 19.8. The first-order valence-electron chi connectivity index (χ1n) is 18.3. The zero-order valence-electron chi connectivity index (χ0n) is 30.5. The molecule has 11 nitrogen and oxygen atoms in total. The number of nitrogens with two attached hydrogens (primary N) is 1.